The van der Waals surface area contributed by atoms with E-state index in [0.29, 0.717) is 5.75 Å². The molecule has 0 spiro atoms. The molecule has 0 aliphatic rings. The van der Waals surface area contributed by atoms with Gasteiger partial charge in [0.05, 0.1) is 25.4 Å². The van der Waals surface area contributed by atoms with Crippen LogP contribution in [0.4, 0.5) is 5.69 Å². The number of ether oxygens (including phenoxy) is 1. The van der Waals surface area contributed by atoms with Crippen LogP contribution in [0.15, 0.2) is 66.0 Å². The highest BCUT2D eigenvalue weighted by molar-refractivity contribution is 7.10. The van der Waals surface area contributed by atoms with Crippen molar-refractivity contribution in [2.75, 3.05) is 19.0 Å². The Morgan fingerprint density at radius 3 is 2.54 bits per heavy atom. The Labute approximate surface area is 157 Å². The first-order valence-electron chi connectivity index (χ1n) is 8.43. The summed E-state index contributed by atoms with van der Waals surface area (Å²) in [6.45, 7) is 2.23. The molecule has 0 unspecified atom stereocenters. The number of aryl methyl sites for hydroxylation is 1. The molecule has 134 valence electrons. The van der Waals surface area contributed by atoms with Crippen LogP contribution >= 0.6 is 11.3 Å². The summed E-state index contributed by atoms with van der Waals surface area (Å²) in [6.07, 6.45) is 0. The normalized spacial score (nSPS) is 11.6. The second-order valence-electron chi connectivity index (χ2n) is 5.98. The summed E-state index contributed by atoms with van der Waals surface area (Å²) in [6, 6.07) is 19.7. The van der Waals surface area contributed by atoms with E-state index < -0.39 is 0 Å². The van der Waals surface area contributed by atoms with E-state index in [2.05, 4.69) is 41.8 Å². The first kappa shape index (κ1) is 18.0. The topological polar surface area (TPSA) is 50.4 Å². The van der Waals surface area contributed by atoms with E-state index in [9.17, 15) is 4.79 Å². The van der Waals surface area contributed by atoms with Crippen molar-refractivity contribution in [2.45, 2.75) is 13.0 Å². The minimum atomic E-state index is -0.150. The molecule has 4 nitrogen and oxygen atoms in total. The number of benzene rings is 2. The summed E-state index contributed by atoms with van der Waals surface area (Å²) >= 11 is 1.64. The van der Waals surface area contributed by atoms with Crippen molar-refractivity contribution in [2.24, 2.45) is 0 Å². The highest BCUT2D eigenvalue weighted by Gasteiger charge is 2.18. The van der Waals surface area contributed by atoms with Gasteiger partial charge in [0.25, 0.3) is 0 Å². The van der Waals surface area contributed by atoms with E-state index in [4.69, 9.17) is 4.74 Å². The third kappa shape index (κ3) is 4.43. The molecule has 5 heteroatoms. The summed E-state index contributed by atoms with van der Waals surface area (Å²) in [5, 5.41) is 8.30. The first-order chi connectivity index (χ1) is 12.7. The van der Waals surface area contributed by atoms with Crippen LogP contribution in [-0.4, -0.2) is 19.6 Å². The molecule has 3 rings (SSSR count). The molecule has 3 aromatic rings. The van der Waals surface area contributed by atoms with Crippen LogP contribution in [0.3, 0.4) is 0 Å². The number of rotatable bonds is 7. The highest BCUT2D eigenvalue weighted by atomic mass is 32.1. The smallest absolute Gasteiger partial charge is 0.240 e. The number of hydrogen-bond donors (Lipinski definition) is 2. The molecule has 2 N–H and O–H groups in total. The number of thiophene rings is 1. The van der Waals surface area contributed by atoms with Gasteiger partial charge < -0.3 is 15.4 Å². The maximum atomic E-state index is 12.6. The van der Waals surface area contributed by atoms with Crippen LogP contribution in [0.1, 0.15) is 22.0 Å². The lowest BCUT2D eigenvalue weighted by molar-refractivity contribution is -0.119. The zero-order chi connectivity index (χ0) is 18.4. The maximum absolute atomic E-state index is 12.6. The number of nitrogens with one attached hydrogen (secondary N) is 2. The summed E-state index contributed by atoms with van der Waals surface area (Å²) in [5.74, 6) is 0.642. The Balaban J connectivity index is 1.70. The fourth-order valence-electron chi connectivity index (χ4n) is 2.71. The Hall–Kier alpha value is -2.79. The van der Waals surface area contributed by atoms with E-state index in [1.807, 2.05) is 41.8 Å². The van der Waals surface area contributed by atoms with Crippen LogP contribution in [0.25, 0.3) is 0 Å². The average Bonchev–Trinajstić information content (AvgIpc) is 3.20. The second-order valence-corrected chi connectivity index (χ2v) is 6.96. The number of anilines is 1. The Morgan fingerprint density at radius 2 is 1.85 bits per heavy atom. The van der Waals surface area contributed by atoms with Crippen molar-refractivity contribution in [1.82, 2.24) is 5.32 Å². The van der Waals surface area contributed by atoms with Gasteiger partial charge in [0, 0.05) is 4.88 Å². The SMILES string of the molecule is COc1ccccc1NCC(=O)N[C@H](c1ccc(C)cc1)c1cccs1. The van der Waals surface area contributed by atoms with Crippen molar-refractivity contribution in [3.63, 3.8) is 0 Å². The molecule has 0 saturated carbocycles. The highest BCUT2D eigenvalue weighted by Crippen LogP contribution is 2.26. The minimum absolute atomic E-state index is 0.0742. The van der Waals surface area contributed by atoms with E-state index in [-0.39, 0.29) is 18.5 Å². The number of methoxy groups -OCH3 is 1. The van der Waals surface area contributed by atoms with Crippen LogP contribution in [0.2, 0.25) is 0 Å². The molecule has 0 radical (unpaired) electrons. The molecule has 0 fully saturated rings. The average molecular weight is 366 g/mol. The van der Waals surface area contributed by atoms with Crippen LogP contribution < -0.4 is 15.4 Å². The van der Waals surface area contributed by atoms with Crippen LogP contribution in [-0.2, 0) is 4.79 Å². The van der Waals surface area contributed by atoms with E-state index in [0.717, 1.165) is 16.1 Å². The lowest BCUT2D eigenvalue weighted by atomic mass is 10.0. The fourth-order valence-corrected chi connectivity index (χ4v) is 3.51. The van der Waals surface area contributed by atoms with Crippen LogP contribution in [0, 0.1) is 6.92 Å². The maximum Gasteiger partial charge on any atom is 0.240 e. The fraction of sp³-hybridized carbons (Fsp3) is 0.190. The largest absolute Gasteiger partial charge is 0.495 e. The molecular weight excluding hydrogens is 344 g/mol. The number of carbonyl (C=O) groups excluding carboxylic acids is 1. The predicted molar refractivity (Wildman–Crippen MR) is 107 cm³/mol. The van der Waals surface area contributed by atoms with Gasteiger partial charge in [0.1, 0.15) is 5.75 Å². The van der Waals surface area contributed by atoms with Gasteiger partial charge >= 0.3 is 0 Å². The molecule has 26 heavy (non-hydrogen) atoms. The lowest BCUT2D eigenvalue weighted by Crippen LogP contribution is -2.33. The second kappa shape index (κ2) is 8.54. The van der Waals surface area contributed by atoms with Gasteiger partial charge in [-0.2, -0.15) is 0 Å². The van der Waals surface area contributed by atoms with Gasteiger partial charge in [0.15, 0.2) is 0 Å². The number of carbonyl (C=O) groups is 1. The quantitative estimate of drug-likeness (QED) is 0.652. The number of amides is 1. The molecule has 0 saturated heterocycles. The van der Waals surface area contributed by atoms with E-state index >= 15 is 0 Å². The molecule has 1 atom stereocenters. The molecule has 1 amide bonds. The zero-order valence-electron chi connectivity index (χ0n) is 14.9. The van der Waals surface area contributed by atoms with Gasteiger partial charge in [-0.3, -0.25) is 4.79 Å². The van der Waals surface area contributed by atoms with Crippen molar-refractivity contribution in [1.29, 1.82) is 0 Å². The first-order valence-corrected chi connectivity index (χ1v) is 9.31. The monoisotopic (exact) mass is 366 g/mol. The molecule has 1 aromatic heterocycles. The van der Waals surface area contributed by atoms with Gasteiger partial charge in [-0.05, 0) is 36.1 Å². The molecule has 0 aliphatic carbocycles. The van der Waals surface area contributed by atoms with Crippen molar-refractivity contribution in [3.05, 3.63) is 82.0 Å². The van der Waals surface area contributed by atoms with Crippen LogP contribution in [0.5, 0.6) is 5.75 Å². The number of para-hydroxylation sites is 2. The van der Waals surface area contributed by atoms with E-state index in [1.165, 1.54) is 5.56 Å². The van der Waals surface area contributed by atoms with Gasteiger partial charge in [-0.1, -0.05) is 48.0 Å². The molecule has 0 bridgehead atoms. The predicted octanol–water partition coefficient (Wildman–Crippen LogP) is 4.38. The molecule has 2 aromatic carbocycles. The Morgan fingerprint density at radius 1 is 1.08 bits per heavy atom. The van der Waals surface area contributed by atoms with Crippen molar-refractivity contribution >= 4 is 22.9 Å². The third-order valence-corrected chi connectivity index (χ3v) is 5.03. The Kier molecular flexibility index (Phi) is 5.92. The summed E-state index contributed by atoms with van der Waals surface area (Å²) in [5.41, 5.74) is 3.07. The van der Waals surface area contributed by atoms with Crippen molar-refractivity contribution in [3.8, 4) is 5.75 Å². The standard InChI is InChI=1S/C21H22N2O2S/c1-15-9-11-16(12-10-15)21(19-8-5-13-26-19)23-20(24)14-22-17-6-3-4-7-18(17)25-2/h3-13,21-22H,14H2,1-2H3,(H,23,24)/t21-/m1/s1. The van der Waals surface area contributed by atoms with Gasteiger partial charge in [-0.25, -0.2) is 0 Å². The van der Waals surface area contributed by atoms with Crippen molar-refractivity contribution < 1.29 is 9.53 Å². The molecule has 1 heterocycles. The third-order valence-electron chi connectivity index (χ3n) is 4.09. The Bertz CT molecular complexity index is 845. The summed E-state index contributed by atoms with van der Waals surface area (Å²) in [7, 11) is 1.62. The van der Waals surface area contributed by atoms with Gasteiger partial charge in [-0.15, -0.1) is 11.3 Å². The minimum Gasteiger partial charge on any atom is -0.495 e. The molecule has 0 aliphatic heterocycles. The number of hydrogen-bond acceptors (Lipinski definition) is 4. The molecular formula is C21H22N2O2S. The summed E-state index contributed by atoms with van der Waals surface area (Å²) < 4.78 is 5.31. The zero-order valence-corrected chi connectivity index (χ0v) is 15.7. The lowest BCUT2D eigenvalue weighted by Gasteiger charge is -2.19. The van der Waals surface area contributed by atoms with E-state index in [1.54, 1.807) is 18.4 Å². The summed E-state index contributed by atoms with van der Waals surface area (Å²) in [4.78, 5) is 13.7. The van der Waals surface area contributed by atoms with Gasteiger partial charge in [0.2, 0.25) is 5.91 Å².